The predicted molar refractivity (Wildman–Crippen MR) is 37.0 cm³/mol. The van der Waals surface area contributed by atoms with E-state index in [9.17, 15) is 9.13 Å². The van der Waals surface area contributed by atoms with Gasteiger partial charge < -0.3 is 9.79 Å². The highest BCUT2D eigenvalue weighted by atomic mass is 31.1. The van der Waals surface area contributed by atoms with Gasteiger partial charge in [-0.25, -0.2) is 0 Å². The van der Waals surface area contributed by atoms with Gasteiger partial charge in [0.15, 0.2) is 0 Å². The SMILES string of the molecule is CC.O=[PH](O)OOO[PH](=O)O. The summed E-state index contributed by atoms with van der Waals surface area (Å²) in [6, 6.07) is 0. The maximum atomic E-state index is 9.57. The highest BCUT2D eigenvalue weighted by molar-refractivity contribution is 7.32. The van der Waals surface area contributed by atoms with Crippen LogP contribution in [0.2, 0.25) is 0 Å². The zero-order valence-electron chi connectivity index (χ0n) is 5.94. The molecule has 0 rings (SSSR count). The molecule has 2 unspecified atom stereocenters. The zero-order chi connectivity index (χ0) is 9.28. The minimum absolute atomic E-state index is 2.00. The molecule has 0 saturated heterocycles. The summed E-state index contributed by atoms with van der Waals surface area (Å²) >= 11 is 0. The van der Waals surface area contributed by atoms with Gasteiger partial charge in [-0.15, -0.1) is 9.35 Å². The lowest BCUT2D eigenvalue weighted by molar-refractivity contribution is -0.413. The molecule has 11 heavy (non-hydrogen) atoms. The van der Waals surface area contributed by atoms with Gasteiger partial charge in [0.25, 0.3) is 0 Å². The second-order valence-electron chi connectivity index (χ2n) is 0.767. The Morgan fingerprint density at radius 3 is 1.45 bits per heavy atom. The van der Waals surface area contributed by atoms with Crippen molar-refractivity contribution < 1.29 is 33.3 Å². The van der Waals surface area contributed by atoms with Crippen molar-refractivity contribution in [1.29, 1.82) is 0 Å². The number of hydrogen-bond acceptors (Lipinski definition) is 5. The first kappa shape index (κ1) is 13.8. The highest BCUT2D eigenvalue weighted by Gasteiger charge is 1.95. The number of hydrogen-bond donors (Lipinski definition) is 2. The first-order valence-electron chi connectivity index (χ1n) is 2.60. The van der Waals surface area contributed by atoms with Crippen molar-refractivity contribution in [3.63, 3.8) is 0 Å². The lowest BCUT2D eigenvalue weighted by Gasteiger charge is -1.93. The first-order chi connectivity index (χ1) is 5.13. The monoisotopic (exact) mass is 208 g/mol. The summed E-state index contributed by atoms with van der Waals surface area (Å²) in [5.41, 5.74) is 0. The molecule has 9 heteroatoms. The van der Waals surface area contributed by atoms with Crippen molar-refractivity contribution in [2.45, 2.75) is 13.8 Å². The van der Waals surface area contributed by atoms with Crippen molar-refractivity contribution in [3.8, 4) is 0 Å². The molecule has 0 aromatic carbocycles. The fourth-order valence-electron chi connectivity index (χ4n) is 0.0752. The Labute approximate surface area is 64.7 Å². The first-order valence-corrected chi connectivity index (χ1v) is 5.12. The van der Waals surface area contributed by atoms with Gasteiger partial charge in [-0.05, 0) is 0 Å². The average Bonchev–Trinajstić information content (AvgIpc) is 1.90. The van der Waals surface area contributed by atoms with Crippen LogP contribution in [0.25, 0.3) is 0 Å². The summed E-state index contributed by atoms with van der Waals surface area (Å²) < 4.78 is 25.9. The maximum Gasteiger partial charge on any atom is 0.347 e. The van der Waals surface area contributed by atoms with Crippen LogP contribution >= 0.6 is 16.5 Å². The van der Waals surface area contributed by atoms with Crippen molar-refractivity contribution in [1.82, 2.24) is 0 Å². The molecule has 7 nitrogen and oxygen atoms in total. The smallest absolute Gasteiger partial charge is 0.325 e. The third kappa shape index (κ3) is 17.9. The minimum atomic E-state index is -3.26. The van der Waals surface area contributed by atoms with Gasteiger partial charge in [-0.2, -0.15) is 0 Å². The van der Waals surface area contributed by atoms with Crippen LogP contribution in [0.3, 0.4) is 0 Å². The van der Waals surface area contributed by atoms with E-state index in [0.29, 0.717) is 0 Å². The Hall–Kier alpha value is 0.260. The van der Waals surface area contributed by atoms with Gasteiger partial charge in [-0.3, -0.25) is 9.13 Å². The van der Waals surface area contributed by atoms with E-state index in [1.807, 2.05) is 13.8 Å². The van der Waals surface area contributed by atoms with E-state index < -0.39 is 16.5 Å². The Morgan fingerprint density at radius 1 is 1.00 bits per heavy atom. The molecule has 0 heterocycles. The van der Waals surface area contributed by atoms with Crippen LogP contribution < -0.4 is 0 Å². The predicted octanol–water partition coefficient (Wildman–Crippen LogP) is 0.656. The number of rotatable bonds is 4. The molecule has 0 aromatic heterocycles. The molecule has 0 bridgehead atoms. The van der Waals surface area contributed by atoms with E-state index in [1.54, 1.807) is 0 Å². The molecule has 0 aromatic rings. The summed E-state index contributed by atoms with van der Waals surface area (Å²) in [7, 11) is -6.52. The molecule has 2 atom stereocenters. The fraction of sp³-hybridized carbons (Fsp3) is 1.00. The van der Waals surface area contributed by atoms with E-state index in [1.165, 1.54) is 0 Å². The van der Waals surface area contributed by atoms with Crippen LogP contribution in [-0.2, 0) is 23.5 Å². The normalized spacial score (nSPS) is 14.5. The Bertz CT molecular complexity index is 110. The Balaban J connectivity index is 0. The summed E-state index contributed by atoms with van der Waals surface area (Å²) in [6.45, 7) is 4.00. The van der Waals surface area contributed by atoms with Crippen LogP contribution in [0.1, 0.15) is 13.8 Å². The highest BCUT2D eigenvalue weighted by Crippen LogP contribution is 2.20. The third-order valence-electron chi connectivity index (χ3n) is 0.211. The average molecular weight is 208 g/mol. The summed E-state index contributed by atoms with van der Waals surface area (Å²) in [6.07, 6.45) is 0. The molecule has 0 aliphatic carbocycles. The van der Waals surface area contributed by atoms with Gasteiger partial charge in [-0.1, -0.05) is 18.9 Å². The topological polar surface area (TPSA) is 102 Å². The van der Waals surface area contributed by atoms with Crippen LogP contribution in [0.5, 0.6) is 0 Å². The molecule has 0 aliphatic rings. The van der Waals surface area contributed by atoms with Gasteiger partial charge in [0.05, 0.1) is 0 Å². The zero-order valence-corrected chi connectivity index (χ0v) is 7.94. The van der Waals surface area contributed by atoms with Crippen LogP contribution in [0.15, 0.2) is 0 Å². The quantitative estimate of drug-likeness (QED) is 0.397. The molecule has 0 fully saturated rings. The Morgan fingerprint density at radius 2 is 1.27 bits per heavy atom. The van der Waals surface area contributed by atoms with Gasteiger partial charge in [0.1, 0.15) is 0 Å². The molecule has 0 radical (unpaired) electrons. The van der Waals surface area contributed by atoms with Crippen molar-refractivity contribution >= 4 is 16.5 Å². The van der Waals surface area contributed by atoms with Crippen molar-refractivity contribution in [2.24, 2.45) is 0 Å². The molecular weight excluding hydrogens is 198 g/mol. The second kappa shape index (κ2) is 10.3. The van der Waals surface area contributed by atoms with E-state index in [0.717, 1.165) is 0 Å². The van der Waals surface area contributed by atoms with E-state index in [2.05, 4.69) is 14.4 Å². The second-order valence-corrected chi connectivity index (χ2v) is 2.16. The lowest BCUT2D eigenvalue weighted by atomic mass is 11.0. The minimum Gasteiger partial charge on any atom is -0.325 e. The molecule has 0 saturated carbocycles. The standard InChI is InChI=1S/C2H6.H4O7P2/c1-2;1-8(2)6-5-7-9(3)4/h1-2H3;8-9H,(H,1,2)(H,3,4). The van der Waals surface area contributed by atoms with E-state index >= 15 is 0 Å². The van der Waals surface area contributed by atoms with Gasteiger partial charge >= 0.3 is 16.5 Å². The molecule has 0 aliphatic heterocycles. The van der Waals surface area contributed by atoms with Gasteiger partial charge in [0.2, 0.25) is 0 Å². The maximum absolute atomic E-state index is 9.57. The third-order valence-corrected chi connectivity index (χ3v) is 0.632. The molecule has 0 amide bonds. The van der Waals surface area contributed by atoms with Crippen LogP contribution in [0.4, 0.5) is 0 Å². The van der Waals surface area contributed by atoms with E-state index in [-0.39, 0.29) is 0 Å². The molecule has 70 valence electrons. The van der Waals surface area contributed by atoms with Crippen molar-refractivity contribution in [2.75, 3.05) is 0 Å². The van der Waals surface area contributed by atoms with Crippen molar-refractivity contribution in [3.05, 3.63) is 0 Å². The van der Waals surface area contributed by atoms with Crippen LogP contribution in [0, 0.1) is 0 Å². The lowest BCUT2D eigenvalue weighted by Crippen LogP contribution is -1.80. The summed E-state index contributed by atoms with van der Waals surface area (Å²) in [4.78, 5) is 15.6. The van der Waals surface area contributed by atoms with Crippen LogP contribution in [-0.4, -0.2) is 9.79 Å². The molecule has 0 spiro atoms. The Kier molecular flexibility index (Phi) is 12.9. The fourth-order valence-corrected chi connectivity index (χ4v) is 0.328. The molecular formula is C2H10O7P2. The molecule has 2 N–H and O–H groups in total. The van der Waals surface area contributed by atoms with Gasteiger partial charge in [0, 0.05) is 0 Å². The summed E-state index contributed by atoms with van der Waals surface area (Å²) in [5, 5.41) is 3.32. The summed E-state index contributed by atoms with van der Waals surface area (Å²) in [5.74, 6) is 0. The largest absolute Gasteiger partial charge is 0.347 e. The van der Waals surface area contributed by atoms with E-state index in [4.69, 9.17) is 9.79 Å².